The van der Waals surface area contributed by atoms with E-state index in [-0.39, 0.29) is 5.91 Å². The van der Waals surface area contributed by atoms with Gasteiger partial charge in [-0.25, -0.2) is 0 Å². The molecule has 3 rings (SSSR count). The lowest BCUT2D eigenvalue weighted by atomic mass is 10.1. The second kappa shape index (κ2) is 7.59. The first kappa shape index (κ1) is 16.0. The van der Waals surface area contributed by atoms with Crippen molar-refractivity contribution in [1.29, 1.82) is 0 Å². The van der Waals surface area contributed by atoms with Crippen molar-refractivity contribution >= 4 is 22.5 Å². The van der Waals surface area contributed by atoms with E-state index in [1.165, 1.54) is 0 Å². The number of para-hydroxylation sites is 1. The van der Waals surface area contributed by atoms with E-state index in [1.54, 1.807) is 6.20 Å². The van der Waals surface area contributed by atoms with Crippen LogP contribution in [0, 0.1) is 0 Å². The van der Waals surface area contributed by atoms with Crippen LogP contribution in [0.5, 0.6) is 5.75 Å². The zero-order chi connectivity index (χ0) is 16.8. The fraction of sp³-hybridized carbons (Fsp3) is 0.200. The molecule has 0 spiro atoms. The van der Waals surface area contributed by atoms with Crippen LogP contribution in [0.2, 0.25) is 0 Å². The summed E-state index contributed by atoms with van der Waals surface area (Å²) >= 11 is 0. The van der Waals surface area contributed by atoms with Gasteiger partial charge in [0.25, 0.3) is 0 Å². The summed E-state index contributed by atoms with van der Waals surface area (Å²) in [4.78, 5) is 16.5. The number of hydrogen-bond acceptors (Lipinski definition) is 3. The minimum Gasteiger partial charge on any atom is -0.494 e. The van der Waals surface area contributed by atoms with Crippen LogP contribution in [0.3, 0.4) is 0 Å². The number of amides is 1. The van der Waals surface area contributed by atoms with E-state index < -0.39 is 0 Å². The minimum atomic E-state index is -0.0130. The molecule has 24 heavy (non-hydrogen) atoms. The Bertz CT molecular complexity index is 828. The molecule has 0 unspecified atom stereocenters. The van der Waals surface area contributed by atoms with Crippen molar-refractivity contribution in [2.75, 3.05) is 11.9 Å². The van der Waals surface area contributed by atoms with Gasteiger partial charge in [0.2, 0.25) is 5.91 Å². The van der Waals surface area contributed by atoms with Crippen LogP contribution in [0.25, 0.3) is 10.9 Å². The van der Waals surface area contributed by atoms with E-state index in [2.05, 4.69) is 10.3 Å². The highest BCUT2D eigenvalue weighted by atomic mass is 16.5. The number of anilines is 1. The molecule has 0 saturated carbocycles. The number of aryl methyl sites for hydroxylation is 1. The Morgan fingerprint density at radius 2 is 1.92 bits per heavy atom. The van der Waals surface area contributed by atoms with E-state index >= 15 is 0 Å². The maximum atomic E-state index is 12.1. The Balaban J connectivity index is 1.56. The van der Waals surface area contributed by atoms with Gasteiger partial charge in [-0.2, -0.15) is 0 Å². The molecule has 1 amide bonds. The maximum absolute atomic E-state index is 12.1. The SMILES string of the molecule is CCOc1ccc(CCC(=O)Nc2cnc3ccccc3c2)cc1. The summed E-state index contributed by atoms with van der Waals surface area (Å²) in [6.45, 7) is 2.61. The number of ether oxygens (including phenoxy) is 1. The molecule has 0 saturated heterocycles. The summed E-state index contributed by atoms with van der Waals surface area (Å²) in [6.07, 6.45) is 2.82. The minimum absolute atomic E-state index is 0.0130. The van der Waals surface area contributed by atoms with Crippen molar-refractivity contribution in [2.45, 2.75) is 19.8 Å². The van der Waals surface area contributed by atoms with Gasteiger partial charge >= 0.3 is 0 Å². The van der Waals surface area contributed by atoms with Crippen LogP contribution in [-0.2, 0) is 11.2 Å². The van der Waals surface area contributed by atoms with Gasteiger partial charge in [0.1, 0.15) is 5.75 Å². The number of aromatic nitrogens is 1. The highest BCUT2D eigenvalue weighted by Gasteiger charge is 2.05. The molecule has 2 aromatic carbocycles. The fourth-order valence-electron chi connectivity index (χ4n) is 2.54. The van der Waals surface area contributed by atoms with E-state index in [0.29, 0.717) is 19.4 Å². The van der Waals surface area contributed by atoms with Crippen LogP contribution in [0.1, 0.15) is 18.9 Å². The van der Waals surface area contributed by atoms with Crippen LogP contribution in [-0.4, -0.2) is 17.5 Å². The van der Waals surface area contributed by atoms with Crippen molar-refractivity contribution in [1.82, 2.24) is 4.98 Å². The summed E-state index contributed by atoms with van der Waals surface area (Å²) in [7, 11) is 0. The predicted molar refractivity (Wildman–Crippen MR) is 96.3 cm³/mol. The van der Waals surface area contributed by atoms with Gasteiger partial charge in [-0.15, -0.1) is 0 Å². The average Bonchev–Trinajstić information content (AvgIpc) is 2.61. The highest BCUT2D eigenvalue weighted by Crippen LogP contribution is 2.17. The molecular weight excluding hydrogens is 300 g/mol. The number of nitrogens with zero attached hydrogens (tertiary/aromatic N) is 1. The van der Waals surface area contributed by atoms with Gasteiger partial charge in [-0.1, -0.05) is 30.3 Å². The number of rotatable bonds is 6. The summed E-state index contributed by atoms with van der Waals surface area (Å²) < 4.78 is 5.41. The Kier molecular flexibility index (Phi) is 5.06. The smallest absolute Gasteiger partial charge is 0.224 e. The lowest BCUT2D eigenvalue weighted by Crippen LogP contribution is -2.12. The third-order valence-electron chi connectivity index (χ3n) is 3.75. The van der Waals surface area contributed by atoms with Crippen LogP contribution >= 0.6 is 0 Å². The molecule has 122 valence electrons. The monoisotopic (exact) mass is 320 g/mol. The summed E-state index contributed by atoms with van der Waals surface area (Å²) in [5.41, 5.74) is 2.76. The average molecular weight is 320 g/mol. The molecule has 0 radical (unpaired) electrons. The number of hydrogen-bond donors (Lipinski definition) is 1. The molecule has 0 bridgehead atoms. The molecule has 3 aromatic rings. The number of benzene rings is 2. The molecule has 0 aliphatic carbocycles. The van der Waals surface area contributed by atoms with Crippen molar-refractivity contribution < 1.29 is 9.53 Å². The predicted octanol–water partition coefficient (Wildman–Crippen LogP) is 4.20. The first-order valence-electron chi connectivity index (χ1n) is 8.11. The van der Waals surface area contributed by atoms with Crippen molar-refractivity contribution in [2.24, 2.45) is 0 Å². The zero-order valence-corrected chi connectivity index (χ0v) is 13.7. The van der Waals surface area contributed by atoms with E-state index in [4.69, 9.17) is 4.74 Å². The van der Waals surface area contributed by atoms with Crippen LogP contribution < -0.4 is 10.1 Å². The van der Waals surface area contributed by atoms with E-state index in [1.807, 2.05) is 61.5 Å². The number of carbonyl (C=O) groups is 1. The Morgan fingerprint density at radius 3 is 2.71 bits per heavy atom. The van der Waals surface area contributed by atoms with Crippen molar-refractivity contribution in [3.63, 3.8) is 0 Å². The molecule has 0 aliphatic heterocycles. The topological polar surface area (TPSA) is 51.2 Å². The Hall–Kier alpha value is -2.88. The first-order chi connectivity index (χ1) is 11.7. The maximum Gasteiger partial charge on any atom is 0.224 e. The molecule has 1 heterocycles. The standard InChI is InChI=1S/C20H20N2O2/c1-2-24-18-10-7-15(8-11-18)9-12-20(23)22-17-13-16-5-3-4-6-19(16)21-14-17/h3-8,10-11,13-14H,2,9,12H2,1H3,(H,22,23). The molecule has 1 aromatic heterocycles. The number of pyridine rings is 1. The van der Waals surface area contributed by atoms with Gasteiger partial charge in [0.05, 0.1) is 24.0 Å². The van der Waals surface area contributed by atoms with Crippen LogP contribution in [0.4, 0.5) is 5.69 Å². The Morgan fingerprint density at radius 1 is 1.12 bits per heavy atom. The molecule has 0 fully saturated rings. The fourth-order valence-corrected chi connectivity index (χ4v) is 2.54. The van der Waals surface area contributed by atoms with Gasteiger partial charge < -0.3 is 10.1 Å². The van der Waals surface area contributed by atoms with Gasteiger partial charge in [0.15, 0.2) is 0 Å². The van der Waals surface area contributed by atoms with Crippen LogP contribution in [0.15, 0.2) is 60.8 Å². The highest BCUT2D eigenvalue weighted by molar-refractivity contribution is 5.93. The largest absolute Gasteiger partial charge is 0.494 e. The molecule has 4 nitrogen and oxygen atoms in total. The normalized spacial score (nSPS) is 10.5. The van der Waals surface area contributed by atoms with Crippen molar-refractivity contribution in [3.8, 4) is 5.75 Å². The van der Waals surface area contributed by atoms with Gasteiger partial charge in [0, 0.05) is 11.8 Å². The lowest BCUT2D eigenvalue weighted by molar-refractivity contribution is -0.116. The molecule has 0 aliphatic rings. The molecule has 4 heteroatoms. The molecular formula is C20H20N2O2. The number of carbonyl (C=O) groups excluding carboxylic acids is 1. The Labute approximate surface area is 141 Å². The lowest BCUT2D eigenvalue weighted by Gasteiger charge is -2.07. The summed E-state index contributed by atoms with van der Waals surface area (Å²) in [6, 6.07) is 17.6. The summed E-state index contributed by atoms with van der Waals surface area (Å²) in [5.74, 6) is 0.842. The van der Waals surface area contributed by atoms with Gasteiger partial charge in [-0.05, 0) is 43.2 Å². The zero-order valence-electron chi connectivity index (χ0n) is 13.7. The van der Waals surface area contributed by atoms with E-state index in [0.717, 1.165) is 27.9 Å². The second-order valence-corrected chi connectivity index (χ2v) is 5.54. The summed E-state index contributed by atoms with van der Waals surface area (Å²) in [5, 5.41) is 3.93. The van der Waals surface area contributed by atoms with E-state index in [9.17, 15) is 4.79 Å². The number of nitrogens with one attached hydrogen (secondary N) is 1. The number of fused-ring (bicyclic) bond motifs is 1. The third kappa shape index (κ3) is 4.10. The quantitative estimate of drug-likeness (QED) is 0.740. The molecule has 0 atom stereocenters. The van der Waals surface area contributed by atoms with Gasteiger partial charge in [-0.3, -0.25) is 9.78 Å². The van der Waals surface area contributed by atoms with Crippen molar-refractivity contribution in [3.05, 3.63) is 66.4 Å². The first-order valence-corrected chi connectivity index (χ1v) is 8.11. The molecule has 1 N–H and O–H groups in total. The third-order valence-corrected chi connectivity index (χ3v) is 3.75. The second-order valence-electron chi connectivity index (χ2n) is 5.54.